The third-order valence-electron chi connectivity index (χ3n) is 4.59. The van der Waals surface area contributed by atoms with Crippen molar-refractivity contribution in [2.24, 2.45) is 5.73 Å². The van der Waals surface area contributed by atoms with Gasteiger partial charge in [-0.25, -0.2) is 0 Å². The van der Waals surface area contributed by atoms with Gasteiger partial charge in [0.2, 0.25) is 5.91 Å². The van der Waals surface area contributed by atoms with E-state index in [4.69, 9.17) is 25.1 Å². The molecule has 1 fully saturated rings. The number of ether oxygens (including phenoxy) is 2. The third kappa shape index (κ3) is 13.5. The average Bonchev–Trinajstić information content (AvgIpc) is 2.76. The summed E-state index contributed by atoms with van der Waals surface area (Å²) in [6, 6.07) is 4.14. The molecule has 1 aromatic carbocycles. The second-order valence-electron chi connectivity index (χ2n) is 7.71. The van der Waals surface area contributed by atoms with Gasteiger partial charge in [0.25, 0.3) is 11.9 Å². The van der Waals surface area contributed by atoms with Crippen LogP contribution in [0.4, 0.5) is 13.2 Å². The summed E-state index contributed by atoms with van der Waals surface area (Å²) in [7, 11) is 0. The highest BCUT2D eigenvalue weighted by Gasteiger charge is 2.28. The fourth-order valence-electron chi connectivity index (χ4n) is 3.06. The number of amides is 2. The van der Waals surface area contributed by atoms with Crippen LogP contribution in [0.25, 0.3) is 0 Å². The minimum Gasteiger partial charge on any atom is -0.493 e. The van der Waals surface area contributed by atoms with Crippen LogP contribution in [0.3, 0.4) is 0 Å². The Morgan fingerprint density at radius 1 is 1.21 bits per heavy atom. The average molecular weight is 492 g/mol. The summed E-state index contributed by atoms with van der Waals surface area (Å²) >= 11 is 0. The monoisotopic (exact) mass is 491 g/mol. The number of carbonyl (C=O) groups excluding carboxylic acids is 2. The van der Waals surface area contributed by atoms with Gasteiger partial charge in [-0.3, -0.25) is 14.4 Å². The van der Waals surface area contributed by atoms with Gasteiger partial charge >= 0.3 is 6.18 Å². The molecule has 5 N–H and O–H groups in total. The first-order chi connectivity index (χ1) is 16.0. The summed E-state index contributed by atoms with van der Waals surface area (Å²) in [6.45, 7) is 1.17. The molecule has 1 aliphatic rings. The molecule has 9 nitrogen and oxygen atoms in total. The van der Waals surface area contributed by atoms with Crippen LogP contribution in [0.1, 0.15) is 55.8 Å². The number of nitrogens with one attached hydrogen (secondary N) is 2. The van der Waals surface area contributed by atoms with Crippen molar-refractivity contribution in [3.63, 3.8) is 0 Å². The summed E-state index contributed by atoms with van der Waals surface area (Å²) < 4.78 is 47.7. The summed E-state index contributed by atoms with van der Waals surface area (Å²) in [6.07, 6.45) is -0.0533. The molecule has 0 aromatic heterocycles. The SMILES string of the molecule is CC(=O)O.NC(=O)CCCCOc1ccc(OCC(F)(F)F)cc1C(=O)NCC1CCCCN1. The van der Waals surface area contributed by atoms with Gasteiger partial charge in [-0.2, -0.15) is 13.2 Å². The molecule has 1 atom stereocenters. The van der Waals surface area contributed by atoms with Crippen LogP contribution in [0, 0.1) is 0 Å². The molecule has 34 heavy (non-hydrogen) atoms. The number of alkyl halides is 3. The molecule has 0 saturated carbocycles. The molecule has 1 heterocycles. The zero-order chi connectivity index (χ0) is 25.6. The van der Waals surface area contributed by atoms with Gasteiger partial charge in [-0.15, -0.1) is 0 Å². The second-order valence-corrected chi connectivity index (χ2v) is 7.71. The van der Waals surface area contributed by atoms with Crippen molar-refractivity contribution < 1.29 is 42.1 Å². The zero-order valence-corrected chi connectivity index (χ0v) is 19.1. The summed E-state index contributed by atoms with van der Waals surface area (Å²) in [4.78, 5) is 32.5. The maximum absolute atomic E-state index is 12.7. The van der Waals surface area contributed by atoms with Gasteiger partial charge in [0.1, 0.15) is 11.5 Å². The number of carboxylic acid groups (broad SMARTS) is 1. The molecule has 0 aliphatic carbocycles. The lowest BCUT2D eigenvalue weighted by Gasteiger charge is -2.24. The number of aliphatic carboxylic acids is 1. The van der Waals surface area contributed by atoms with Gasteiger partial charge < -0.3 is 30.9 Å². The van der Waals surface area contributed by atoms with E-state index >= 15 is 0 Å². The van der Waals surface area contributed by atoms with Crippen LogP contribution >= 0.6 is 0 Å². The molecule has 1 aromatic rings. The standard InChI is InChI=1S/C20H28F3N3O4.C2H4O2/c21-20(22,23)13-30-15-7-8-17(29-10-4-2-6-18(24)27)16(11-15)19(28)26-12-14-5-1-3-9-25-14;1-2(3)4/h7-8,11,14,25H,1-6,9-10,12-13H2,(H2,24,27)(H,26,28);1H3,(H,3,4). The van der Waals surface area contributed by atoms with E-state index in [1.165, 1.54) is 18.2 Å². The van der Waals surface area contributed by atoms with Crippen LogP contribution in [0.15, 0.2) is 18.2 Å². The topological polar surface area (TPSA) is 140 Å². The van der Waals surface area contributed by atoms with Crippen molar-refractivity contribution in [3.05, 3.63) is 23.8 Å². The van der Waals surface area contributed by atoms with Crippen LogP contribution in [0.5, 0.6) is 11.5 Å². The molecule has 2 rings (SSSR count). The highest BCUT2D eigenvalue weighted by molar-refractivity contribution is 5.97. The number of piperidine rings is 1. The van der Waals surface area contributed by atoms with Crippen LogP contribution in [-0.4, -0.2) is 61.4 Å². The molecule has 12 heteroatoms. The Hall–Kier alpha value is -3.02. The molecule has 192 valence electrons. The number of hydrogen-bond donors (Lipinski definition) is 4. The number of carbonyl (C=O) groups is 3. The number of hydrogen-bond acceptors (Lipinski definition) is 6. The maximum atomic E-state index is 12.7. The molecule has 1 unspecified atom stereocenters. The highest BCUT2D eigenvalue weighted by Crippen LogP contribution is 2.26. The van der Waals surface area contributed by atoms with E-state index in [0.717, 1.165) is 32.7 Å². The Labute approximate surface area is 196 Å². The Balaban J connectivity index is 0.00000133. The number of unbranched alkanes of at least 4 members (excludes halogenated alkanes) is 1. The minimum absolute atomic E-state index is 0.0747. The first kappa shape index (κ1) is 29.0. The molecule has 0 radical (unpaired) electrons. The third-order valence-corrected chi connectivity index (χ3v) is 4.59. The molecule has 0 bridgehead atoms. The first-order valence-corrected chi connectivity index (χ1v) is 10.9. The van der Waals surface area contributed by atoms with Gasteiger partial charge in [0.05, 0.1) is 12.2 Å². The number of benzene rings is 1. The number of primary amides is 1. The number of nitrogens with two attached hydrogens (primary N) is 1. The Morgan fingerprint density at radius 2 is 1.91 bits per heavy atom. The fourth-order valence-corrected chi connectivity index (χ4v) is 3.06. The zero-order valence-electron chi connectivity index (χ0n) is 19.1. The van der Waals surface area contributed by atoms with Crippen molar-refractivity contribution in [1.82, 2.24) is 10.6 Å². The highest BCUT2D eigenvalue weighted by atomic mass is 19.4. The lowest BCUT2D eigenvalue weighted by atomic mass is 10.0. The molecular formula is C22H32F3N3O6. The molecule has 2 amide bonds. The lowest BCUT2D eigenvalue weighted by molar-refractivity contribution is -0.153. The second kappa shape index (κ2) is 15.0. The Kier molecular flexibility index (Phi) is 12.8. The van der Waals surface area contributed by atoms with E-state index in [1.807, 2.05) is 0 Å². The minimum atomic E-state index is -4.48. The van der Waals surface area contributed by atoms with E-state index in [9.17, 15) is 22.8 Å². The molecular weight excluding hydrogens is 459 g/mol. The predicted molar refractivity (Wildman–Crippen MR) is 118 cm³/mol. The predicted octanol–water partition coefficient (Wildman–Crippen LogP) is 2.62. The van der Waals surface area contributed by atoms with E-state index in [1.54, 1.807) is 0 Å². The number of carboxylic acids is 1. The lowest BCUT2D eigenvalue weighted by Crippen LogP contribution is -2.43. The largest absolute Gasteiger partial charge is 0.493 e. The molecule has 0 spiro atoms. The fraction of sp³-hybridized carbons (Fsp3) is 0.591. The van der Waals surface area contributed by atoms with Gasteiger partial charge in [0, 0.05) is 25.9 Å². The first-order valence-electron chi connectivity index (χ1n) is 10.9. The van der Waals surface area contributed by atoms with Crippen molar-refractivity contribution in [2.75, 3.05) is 26.3 Å². The van der Waals surface area contributed by atoms with E-state index in [2.05, 4.69) is 10.6 Å². The van der Waals surface area contributed by atoms with Crippen molar-refractivity contribution in [2.45, 2.75) is 57.7 Å². The summed E-state index contributed by atoms with van der Waals surface area (Å²) in [5, 5.41) is 13.5. The van der Waals surface area contributed by atoms with E-state index in [-0.39, 0.29) is 36.1 Å². The quantitative estimate of drug-likeness (QED) is 0.349. The summed E-state index contributed by atoms with van der Waals surface area (Å²) in [5.74, 6) is -1.53. The van der Waals surface area contributed by atoms with Crippen LogP contribution < -0.4 is 25.8 Å². The van der Waals surface area contributed by atoms with Crippen molar-refractivity contribution >= 4 is 17.8 Å². The van der Waals surface area contributed by atoms with Crippen molar-refractivity contribution in [1.29, 1.82) is 0 Å². The van der Waals surface area contributed by atoms with Crippen molar-refractivity contribution in [3.8, 4) is 11.5 Å². The number of halogens is 3. The molecule has 1 aliphatic heterocycles. The molecule has 1 saturated heterocycles. The Bertz CT molecular complexity index is 795. The van der Waals surface area contributed by atoms with Crippen LogP contribution in [0.2, 0.25) is 0 Å². The van der Waals surface area contributed by atoms with Gasteiger partial charge in [0.15, 0.2) is 6.61 Å². The normalized spacial score (nSPS) is 15.5. The van der Waals surface area contributed by atoms with Crippen LogP contribution in [-0.2, 0) is 9.59 Å². The van der Waals surface area contributed by atoms with Gasteiger partial charge in [-0.05, 0) is 50.4 Å². The summed E-state index contributed by atoms with van der Waals surface area (Å²) in [5.41, 5.74) is 5.19. The van der Waals surface area contributed by atoms with E-state index in [0.29, 0.717) is 19.4 Å². The smallest absolute Gasteiger partial charge is 0.422 e. The van der Waals surface area contributed by atoms with E-state index < -0.39 is 30.6 Å². The van der Waals surface area contributed by atoms with Gasteiger partial charge in [-0.1, -0.05) is 6.42 Å². The number of rotatable bonds is 11. The maximum Gasteiger partial charge on any atom is 0.422 e. The Morgan fingerprint density at radius 3 is 2.50 bits per heavy atom.